The maximum atomic E-state index is 10.1. The molecule has 0 fully saturated rings. The van der Waals surface area contributed by atoms with Gasteiger partial charge in [-0.25, -0.2) is 0 Å². The highest BCUT2D eigenvalue weighted by Gasteiger charge is 2.36. The Kier molecular flexibility index (Phi) is 4.36. The molecule has 13 heavy (non-hydrogen) atoms. The summed E-state index contributed by atoms with van der Waals surface area (Å²) in [7, 11) is 1.79. The van der Waals surface area contributed by atoms with E-state index >= 15 is 0 Å². The topological polar surface area (TPSA) is 52.5 Å². The highest BCUT2D eigenvalue weighted by molar-refractivity contribution is 4.88. The maximum absolute atomic E-state index is 10.1. The van der Waals surface area contributed by atoms with Crippen LogP contribution in [0.15, 0.2) is 0 Å². The van der Waals surface area contributed by atoms with Crippen LogP contribution in [0.5, 0.6) is 0 Å². The molecule has 0 aromatic heterocycles. The number of likely N-dealkylation sites (N-methyl/N-ethyl adjacent to an activating group) is 1. The molecule has 80 valence electrons. The lowest BCUT2D eigenvalue weighted by molar-refractivity contribution is -0.0734. The van der Waals surface area contributed by atoms with Crippen molar-refractivity contribution in [3.8, 4) is 0 Å². The zero-order chi connectivity index (χ0) is 10.7. The molecule has 0 spiro atoms. The molecule has 3 N–H and O–H groups in total. The minimum atomic E-state index is -0.830. The van der Waals surface area contributed by atoms with Gasteiger partial charge in [-0.1, -0.05) is 20.8 Å². The van der Waals surface area contributed by atoms with E-state index in [0.717, 1.165) is 0 Å². The van der Waals surface area contributed by atoms with Gasteiger partial charge in [0.2, 0.25) is 0 Å². The third-order valence-corrected chi connectivity index (χ3v) is 2.69. The molecule has 3 heteroatoms. The van der Waals surface area contributed by atoms with Crippen LogP contribution in [0.25, 0.3) is 0 Å². The van der Waals surface area contributed by atoms with Gasteiger partial charge in [-0.2, -0.15) is 0 Å². The van der Waals surface area contributed by atoms with E-state index < -0.39 is 11.7 Å². The predicted octanol–water partition coefficient (Wildman–Crippen LogP) is 0.754. The summed E-state index contributed by atoms with van der Waals surface area (Å²) in [5.74, 6) is 0. The molecule has 2 atom stereocenters. The van der Waals surface area contributed by atoms with Crippen molar-refractivity contribution in [2.24, 2.45) is 5.41 Å². The van der Waals surface area contributed by atoms with Crippen LogP contribution in [0.4, 0.5) is 0 Å². The quantitative estimate of drug-likeness (QED) is 0.612. The first-order chi connectivity index (χ1) is 5.70. The van der Waals surface area contributed by atoms with Gasteiger partial charge < -0.3 is 15.5 Å². The summed E-state index contributed by atoms with van der Waals surface area (Å²) in [6.07, 6.45) is -0.0867. The summed E-state index contributed by atoms with van der Waals surface area (Å²) >= 11 is 0. The van der Waals surface area contributed by atoms with E-state index in [-0.39, 0.29) is 5.41 Å². The van der Waals surface area contributed by atoms with Gasteiger partial charge in [0.15, 0.2) is 0 Å². The maximum Gasteiger partial charge on any atom is 0.0692 e. The fourth-order valence-electron chi connectivity index (χ4n) is 1.07. The summed E-state index contributed by atoms with van der Waals surface area (Å²) in [6, 6.07) is 0. The average molecular weight is 189 g/mol. The zero-order valence-electron chi connectivity index (χ0n) is 9.39. The normalized spacial score (nSPS) is 19.6. The van der Waals surface area contributed by atoms with Crippen molar-refractivity contribution >= 4 is 0 Å². The molecule has 0 aliphatic carbocycles. The first-order valence-corrected chi connectivity index (χ1v) is 4.76. The molecule has 0 radical (unpaired) electrons. The van der Waals surface area contributed by atoms with Gasteiger partial charge in [-0.05, 0) is 19.4 Å². The van der Waals surface area contributed by atoms with Gasteiger partial charge in [-0.15, -0.1) is 0 Å². The molecule has 0 aromatic rings. The van der Waals surface area contributed by atoms with Crippen LogP contribution in [-0.4, -0.2) is 35.5 Å². The smallest absolute Gasteiger partial charge is 0.0692 e. The molecule has 0 aliphatic heterocycles. The SMILES string of the molecule is CNC[C@@H](O)C[C@@](C)(O)C(C)(C)C. The van der Waals surface area contributed by atoms with Crippen molar-refractivity contribution < 1.29 is 10.2 Å². The number of nitrogens with one attached hydrogen (secondary N) is 1. The van der Waals surface area contributed by atoms with Crippen LogP contribution in [-0.2, 0) is 0 Å². The molecule has 0 aliphatic rings. The third-order valence-electron chi connectivity index (χ3n) is 2.69. The molecule has 0 amide bonds. The first kappa shape index (κ1) is 12.9. The molecule has 0 heterocycles. The Morgan fingerprint density at radius 3 is 2.00 bits per heavy atom. The molecule has 0 unspecified atom stereocenters. The van der Waals surface area contributed by atoms with Crippen LogP contribution in [0, 0.1) is 5.41 Å². The van der Waals surface area contributed by atoms with Crippen LogP contribution in [0.1, 0.15) is 34.1 Å². The van der Waals surface area contributed by atoms with Gasteiger partial charge in [-0.3, -0.25) is 0 Å². The lowest BCUT2D eigenvalue weighted by Gasteiger charge is -2.38. The van der Waals surface area contributed by atoms with E-state index in [1.165, 1.54) is 0 Å². The largest absolute Gasteiger partial charge is 0.392 e. The molecule has 0 aromatic carbocycles. The van der Waals surface area contributed by atoms with E-state index in [1.807, 2.05) is 20.8 Å². The van der Waals surface area contributed by atoms with Gasteiger partial charge >= 0.3 is 0 Å². The van der Waals surface area contributed by atoms with Crippen LogP contribution >= 0.6 is 0 Å². The van der Waals surface area contributed by atoms with E-state index in [1.54, 1.807) is 14.0 Å². The minimum absolute atomic E-state index is 0.207. The Labute approximate surface area is 81.2 Å². The standard InChI is InChI=1S/C10H23NO2/c1-9(2,3)10(4,13)6-8(12)7-11-5/h8,11-13H,6-7H2,1-5H3/t8-,10+/m0/s1. The summed E-state index contributed by atoms with van der Waals surface area (Å²) in [5.41, 5.74) is -1.04. The van der Waals surface area contributed by atoms with E-state index in [0.29, 0.717) is 13.0 Å². The van der Waals surface area contributed by atoms with Gasteiger partial charge in [0.05, 0.1) is 11.7 Å². The Bertz CT molecular complexity index is 149. The molecular weight excluding hydrogens is 166 g/mol. The number of rotatable bonds is 4. The van der Waals surface area contributed by atoms with Crippen molar-refractivity contribution in [3.05, 3.63) is 0 Å². The van der Waals surface area contributed by atoms with Crippen LogP contribution in [0.2, 0.25) is 0 Å². The Morgan fingerprint density at radius 2 is 1.69 bits per heavy atom. The summed E-state index contributed by atoms with van der Waals surface area (Å²) in [6.45, 7) is 8.20. The molecule has 0 rings (SSSR count). The van der Waals surface area contributed by atoms with E-state index in [9.17, 15) is 10.2 Å². The lowest BCUT2D eigenvalue weighted by Crippen LogP contribution is -2.44. The van der Waals surface area contributed by atoms with Gasteiger partial charge in [0.25, 0.3) is 0 Å². The Balaban J connectivity index is 4.17. The highest BCUT2D eigenvalue weighted by atomic mass is 16.3. The second-order valence-corrected chi connectivity index (χ2v) is 4.94. The van der Waals surface area contributed by atoms with Crippen molar-refractivity contribution in [1.29, 1.82) is 0 Å². The molecule has 3 nitrogen and oxygen atoms in total. The monoisotopic (exact) mass is 189 g/mol. The fourth-order valence-corrected chi connectivity index (χ4v) is 1.07. The van der Waals surface area contributed by atoms with Crippen molar-refractivity contribution in [2.75, 3.05) is 13.6 Å². The van der Waals surface area contributed by atoms with Crippen LogP contribution < -0.4 is 5.32 Å². The zero-order valence-corrected chi connectivity index (χ0v) is 9.39. The van der Waals surface area contributed by atoms with Crippen molar-refractivity contribution in [1.82, 2.24) is 5.32 Å². The lowest BCUT2D eigenvalue weighted by atomic mass is 9.74. The number of aliphatic hydroxyl groups excluding tert-OH is 1. The second-order valence-electron chi connectivity index (χ2n) is 4.94. The Morgan fingerprint density at radius 1 is 1.23 bits per heavy atom. The molecular formula is C10H23NO2. The number of hydrogen-bond donors (Lipinski definition) is 3. The fraction of sp³-hybridized carbons (Fsp3) is 1.00. The summed E-state index contributed by atoms with van der Waals surface area (Å²) < 4.78 is 0. The predicted molar refractivity (Wildman–Crippen MR) is 54.6 cm³/mol. The summed E-state index contributed by atoms with van der Waals surface area (Å²) in [5, 5.41) is 22.5. The highest BCUT2D eigenvalue weighted by Crippen LogP contribution is 2.33. The molecule has 0 saturated heterocycles. The first-order valence-electron chi connectivity index (χ1n) is 4.76. The number of hydrogen-bond acceptors (Lipinski definition) is 3. The summed E-state index contributed by atoms with van der Waals surface area (Å²) in [4.78, 5) is 0. The Hall–Kier alpha value is -0.120. The van der Waals surface area contributed by atoms with E-state index in [4.69, 9.17) is 0 Å². The van der Waals surface area contributed by atoms with Crippen molar-refractivity contribution in [3.63, 3.8) is 0 Å². The second kappa shape index (κ2) is 4.40. The third kappa shape index (κ3) is 4.07. The minimum Gasteiger partial charge on any atom is -0.392 e. The van der Waals surface area contributed by atoms with E-state index in [2.05, 4.69) is 5.32 Å². The van der Waals surface area contributed by atoms with Gasteiger partial charge in [0.1, 0.15) is 0 Å². The number of aliphatic hydroxyl groups is 2. The van der Waals surface area contributed by atoms with Gasteiger partial charge in [0, 0.05) is 13.0 Å². The van der Waals surface area contributed by atoms with Crippen LogP contribution in [0.3, 0.4) is 0 Å². The average Bonchev–Trinajstić information content (AvgIpc) is 1.83. The molecule has 0 saturated carbocycles. The van der Waals surface area contributed by atoms with Crippen molar-refractivity contribution in [2.45, 2.75) is 45.8 Å². The molecule has 0 bridgehead atoms.